The Balaban J connectivity index is 2.36. The molecule has 0 bridgehead atoms. The van der Waals surface area contributed by atoms with E-state index in [0.717, 1.165) is 36.8 Å². The molecule has 0 aliphatic rings. The minimum Gasteiger partial charge on any atom is -0.472 e. The van der Waals surface area contributed by atoms with Crippen molar-refractivity contribution in [1.29, 1.82) is 0 Å². The molecule has 0 aliphatic carbocycles. The highest BCUT2D eigenvalue weighted by Gasteiger charge is 2.09. The predicted octanol–water partition coefficient (Wildman–Crippen LogP) is 6.82. The van der Waals surface area contributed by atoms with Crippen molar-refractivity contribution in [2.75, 3.05) is 0 Å². The topological polar surface area (TPSA) is 53.6 Å². The fourth-order valence-corrected chi connectivity index (χ4v) is 2.87. The van der Waals surface area contributed by atoms with Gasteiger partial charge in [0.2, 0.25) is 0 Å². The van der Waals surface area contributed by atoms with Gasteiger partial charge in [-0.3, -0.25) is 0 Å². The highest BCUT2D eigenvalue weighted by Crippen LogP contribution is 2.20. The van der Waals surface area contributed by atoms with Crippen LogP contribution in [0.1, 0.15) is 84.8 Å². The fraction of sp³-hybridized carbons (Fsp3) is 0.520. The number of hydrogen-bond acceptors (Lipinski definition) is 3. The molecule has 0 radical (unpaired) electrons. The van der Waals surface area contributed by atoms with Crippen molar-refractivity contribution in [1.82, 2.24) is 0 Å². The highest BCUT2D eigenvalue weighted by molar-refractivity contribution is 5.14. The number of allylic oxidation sites excluding steroid dienone is 5. The van der Waals surface area contributed by atoms with Gasteiger partial charge in [0.25, 0.3) is 0 Å². The second-order valence-corrected chi connectivity index (χ2v) is 7.97. The minimum absolute atomic E-state index is 0.474. The van der Waals surface area contributed by atoms with E-state index >= 15 is 0 Å². The van der Waals surface area contributed by atoms with Crippen LogP contribution in [0.2, 0.25) is 0 Å². The average Bonchev–Trinajstić information content (AvgIpc) is 3.18. The van der Waals surface area contributed by atoms with Gasteiger partial charge in [-0.25, -0.2) is 0 Å². The Kier molecular flexibility index (Phi) is 11.5. The first-order valence-corrected chi connectivity index (χ1v) is 10.3. The van der Waals surface area contributed by atoms with E-state index in [1.54, 1.807) is 18.6 Å². The standard InChI is InChI=1S/C25H38O3/c1-19(2)8-6-9-20(3)10-7-11-21(4)12-14-24(26)22(5)13-15-25(27)23-16-17-28-18-23/h8,10,12-13,16-18,24-27H,6-7,9,11,14-15H2,1-5H3/b20-10+,21-12+,22-13+/t24-,25+/m1/s1. The van der Waals surface area contributed by atoms with Gasteiger partial charge in [0, 0.05) is 5.56 Å². The smallest absolute Gasteiger partial charge is 0.0960 e. The SMILES string of the molecule is CC(C)=CCC/C(C)=C/CC/C(C)=C/C[C@@H](O)/C(C)=C/C[C@H](O)c1ccoc1. The molecule has 1 aromatic rings. The maximum absolute atomic E-state index is 10.3. The molecule has 0 saturated carbocycles. The van der Waals surface area contributed by atoms with E-state index in [4.69, 9.17) is 4.42 Å². The van der Waals surface area contributed by atoms with Gasteiger partial charge < -0.3 is 14.6 Å². The first kappa shape index (κ1) is 24.2. The molecule has 2 N–H and O–H groups in total. The minimum atomic E-state index is -0.593. The van der Waals surface area contributed by atoms with Crippen LogP contribution in [0, 0.1) is 0 Å². The maximum atomic E-state index is 10.3. The molecule has 1 rings (SSSR count). The maximum Gasteiger partial charge on any atom is 0.0960 e. The number of aliphatic hydroxyl groups is 2. The molecule has 0 saturated heterocycles. The summed E-state index contributed by atoms with van der Waals surface area (Å²) in [6, 6.07) is 1.76. The van der Waals surface area contributed by atoms with E-state index in [0.29, 0.717) is 12.8 Å². The Morgan fingerprint density at radius 3 is 2.14 bits per heavy atom. The van der Waals surface area contributed by atoms with Crippen molar-refractivity contribution in [3.8, 4) is 0 Å². The third-order valence-corrected chi connectivity index (χ3v) is 4.93. The third-order valence-electron chi connectivity index (χ3n) is 4.93. The molecule has 1 aromatic heterocycles. The van der Waals surface area contributed by atoms with E-state index in [-0.39, 0.29) is 0 Å². The Hall–Kier alpha value is -1.84. The van der Waals surface area contributed by atoms with Crippen LogP contribution in [0.5, 0.6) is 0 Å². The molecule has 0 spiro atoms. The predicted molar refractivity (Wildman–Crippen MR) is 118 cm³/mol. The summed E-state index contributed by atoms with van der Waals surface area (Å²) in [5.41, 5.74) is 5.78. The molecule has 28 heavy (non-hydrogen) atoms. The normalized spacial score (nSPS) is 15.5. The molecule has 0 aliphatic heterocycles. The summed E-state index contributed by atoms with van der Waals surface area (Å²) in [6.07, 6.45) is 16.0. The quantitative estimate of drug-likeness (QED) is 0.388. The molecule has 1 heterocycles. The van der Waals surface area contributed by atoms with Gasteiger partial charge in [0.1, 0.15) is 0 Å². The van der Waals surface area contributed by atoms with Crippen LogP contribution in [0.15, 0.2) is 69.6 Å². The summed E-state index contributed by atoms with van der Waals surface area (Å²) in [7, 11) is 0. The Labute approximate surface area is 171 Å². The van der Waals surface area contributed by atoms with Crippen LogP contribution in [-0.2, 0) is 0 Å². The summed E-state index contributed by atoms with van der Waals surface area (Å²) in [5, 5.41) is 20.4. The molecule has 156 valence electrons. The van der Waals surface area contributed by atoms with E-state index < -0.39 is 12.2 Å². The lowest BCUT2D eigenvalue weighted by atomic mass is 10.0. The summed E-state index contributed by atoms with van der Waals surface area (Å²) in [5.74, 6) is 0. The second kappa shape index (κ2) is 13.4. The van der Waals surface area contributed by atoms with Crippen molar-refractivity contribution in [2.45, 2.75) is 85.4 Å². The van der Waals surface area contributed by atoms with Gasteiger partial charge in [-0.05, 0) is 84.8 Å². The zero-order valence-electron chi connectivity index (χ0n) is 18.2. The Morgan fingerprint density at radius 2 is 1.54 bits per heavy atom. The Bertz CT molecular complexity index is 671. The lowest BCUT2D eigenvalue weighted by Gasteiger charge is -2.11. The summed E-state index contributed by atoms with van der Waals surface area (Å²) in [6.45, 7) is 10.5. The molecular formula is C25H38O3. The van der Waals surface area contributed by atoms with Crippen molar-refractivity contribution in [3.63, 3.8) is 0 Å². The first-order valence-electron chi connectivity index (χ1n) is 10.3. The monoisotopic (exact) mass is 386 g/mol. The highest BCUT2D eigenvalue weighted by atomic mass is 16.3. The third kappa shape index (κ3) is 10.5. The molecule has 0 aromatic carbocycles. The molecule has 0 amide bonds. The van der Waals surface area contributed by atoms with Crippen molar-refractivity contribution in [3.05, 3.63) is 70.8 Å². The van der Waals surface area contributed by atoms with Crippen molar-refractivity contribution in [2.24, 2.45) is 0 Å². The lowest BCUT2D eigenvalue weighted by molar-refractivity contribution is 0.178. The fourth-order valence-electron chi connectivity index (χ4n) is 2.87. The van der Waals surface area contributed by atoms with E-state index in [9.17, 15) is 10.2 Å². The van der Waals surface area contributed by atoms with Crippen molar-refractivity contribution < 1.29 is 14.6 Å². The summed E-state index contributed by atoms with van der Waals surface area (Å²) in [4.78, 5) is 0. The molecule has 0 fully saturated rings. The summed E-state index contributed by atoms with van der Waals surface area (Å²) < 4.78 is 4.99. The van der Waals surface area contributed by atoms with Crippen LogP contribution in [-0.4, -0.2) is 16.3 Å². The zero-order chi connectivity index (χ0) is 20.9. The largest absolute Gasteiger partial charge is 0.472 e. The van der Waals surface area contributed by atoms with Gasteiger partial charge in [-0.1, -0.05) is 41.0 Å². The van der Waals surface area contributed by atoms with Gasteiger partial charge in [0.15, 0.2) is 0 Å². The van der Waals surface area contributed by atoms with Crippen LogP contribution >= 0.6 is 0 Å². The van der Waals surface area contributed by atoms with Crippen LogP contribution in [0.3, 0.4) is 0 Å². The molecule has 3 nitrogen and oxygen atoms in total. The molecular weight excluding hydrogens is 348 g/mol. The van der Waals surface area contributed by atoms with Crippen LogP contribution in [0.25, 0.3) is 0 Å². The van der Waals surface area contributed by atoms with Gasteiger partial charge in [-0.15, -0.1) is 0 Å². The van der Waals surface area contributed by atoms with Crippen molar-refractivity contribution >= 4 is 0 Å². The van der Waals surface area contributed by atoms with Gasteiger partial charge >= 0.3 is 0 Å². The lowest BCUT2D eigenvalue weighted by Crippen LogP contribution is -2.07. The summed E-state index contributed by atoms with van der Waals surface area (Å²) >= 11 is 0. The number of rotatable bonds is 12. The van der Waals surface area contributed by atoms with Gasteiger partial charge in [0.05, 0.1) is 24.7 Å². The molecule has 0 unspecified atom stereocenters. The van der Waals surface area contributed by atoms with E-state index in [1.165, 1.54) is 16.7 Å². The first-order chi connectivity index (χ1) is 13.3. The van der Waals surface area contributed by atoms with E-state index in [1.807, 2.05) is 13.0 Å². The molecule has 3 heteroatoms. The van der Waals surface area contributed by atoms with Crippen LogP contribution in [0.4, 0.5) is 0 Å². The van der Waals surface area contributed by atoms with E-state index in [2.05, 4.69) is 45.9 Å². The Morgan fingerprint density at radius 1 is 0.893 bits per heavy atom. The average molecular weight is 387 g/mol. The molecule has 2 atom stereocenters. The zero-order valence-corrected chi connectivity index (χ0v) is 18.2. The number of furan rings is 1. The number of aliphatic hydroxyl groups excluding tert-OH is 2. The number of hydrogen-bond donors (Lipinski definition) is 2. The van der Waals surface area contributed by atoms with Crippen LogP contribution < -0.4 is 0 Å². The van der Waals surface area contributed by atoms with Gasteiger partial charge in [-0.2, -0.15) is 0 Å². The second-order valence-electron chi connectivity index (χ2n) is 7.97.